The standard InChI is InChI=1S/C17H17N3/c1-11-8-9-12(2)15(10-11)16-13-6-4-5-7-14(13)17(18-3)20-19-16/h4-10H,1-3H3,(H,18,20). The number of rotatable bonds is 2. The molecule has 1 N–H and O–H groups in total. The number of hydrogen-bond donors (Lipinski definition) is 1. The van der Waals surface area contributed by atoms with Crippen LogP contribution in [0.3, 0.4) is 0 Å². The van der Waals surface area contributed by atoms with E-state index in [1.54, 1.807) is 0 Å². The topological polar surface area (TPSA) is 37.8 Å². The fourth-order valence-electron chi connectivity index (χ4n) is 2.48. The van der Waals surface area contributed by atoms with Crippen molar-refractivity contribution in [3.63, 3.8) is 0 Å². The fourth-order valence-corrected chi connectivity index (χ4v) is 2.48. The number of benzene rings is 2. The minimum Gasteiger partial charge on any atom is -0.371 e. The summed E-state index contributed by atoms with van der Waals surface area (Å²) in [7, 11) is 1.87. The largest absolute Gasteiger partial charge is 0.371 e. The van der Waals surface area contributed by atoms with Gasteiger partial charge in [-0.1, -0.05) is 42.0 Å². The lowest BCUT2D eigenvalue weighted by atomic mass is 9.99. The van der Waals surface area contributed by atoms with Gasteiger partial charge >= 0.3 is 0 Å². The monoisotopic (exact) mass is 263 g/mol. The predicted molar refractivity (Wildman–Crippen MR) is 84.0 cm³/mol. The van der Waals surface area contributed by atoms with Crippen LogP contribution in [0.5, 0.6) is 0 Å². The van der Waals surface area contributed by atoms with Crippen LogP contribution in [0, 0.1) is 13.8 Å². The van der Waals surface area contributed by atoms with Crippen LogP contribution in [0.4, 0.5) is 5.82 Å². The fraction of sp³-hybridized carbons (Fsp3) is 0.176. The molecule has 0 aliphatic heterocycles. The van der Waals surface area contributed by atoms with Crippen molar-refractivity contribution in [1.29, 1.82) is 0 Å². The molecule has 0 radical (unpaired) electrons. The van der Waals surface area contributed by atoms with E-state index < -0.39 is 0 Å². The first-order valence-corrected chi connectivity index (χ1v) is 6.71. The van der Waals surface area contributed by atoms with E-state index in [9.17, 15) is 0 Å². The Morgan fingerprint density at radius 1 is 0.900 bits per heavy atom. The van der Waals surface area contributed by atoms with Crippen molar-refractivity contribution in [2.45, 2.75) is 13.8 Å². The molecule has 1 aromatic heterocycles. The molecular formula is C17H17N3. The van der Waals surface area contributed by atoms with E-state index in [4.69, 9.17) is 0 Å². The summed E-state index contributed by atoms with van der Waals surface area (Å²) < 4.78 is 0. The van der Waals surface area contributed by atoms with Gasteiger partial charge < -0.3 is 5.32 Å². The second kappa shape index (κ2) is 4.93. The Morgan fingerprint density at radius 2 is 1.65 bits per heavy atom. The van der Waals surface area contributed by atoms with Crippen molar-refractivity contribution in [1.82, 2.24) is 10.2 Å². The van der Waals surface area contributed by atoms with Gasteiger partial charge in [0.1, 0.15) is 5.69 Å². The molecule has 1 heterocycles. The summed E-state index contributed by atoms with van der Waals surface area (Å²) >= 11 is 0. The zero-order valence-electron chi connectivity index (χ0n) is 11.9. The number of hydrogen-bond acceptors (Lipinski definition) is 3. The van der Waals surface area contributed by atoms with Crippen molar-refractivity contribution in [3.05, 3.63) is 53.6 Å². The molecule has 0 atom stereocenters. The molecule has 0 amide bonds. The van der Waals surface area contributed by atoms with Gasteiger partial charge in [-0.25, -0.2) is 0 Å². The van der Waals surface area contributed by atoms with Gasteiger partial charge in [-0.3, -0.25) is 0 Å². The van der Waals surface area contributed by atoms with Crippen LogP contribution in [0.1, 0.15) is 11.1 Å². The van der Waals surface area contributed by atoms with Crippen molar-refractivity contribution in [3.8, 4) is 11.3 Å². The maximum Gasteiger partial charge on any atom is 0.156 e. The van der Waals surface area contributed by atoms with Gasteiger partial charge in [0, 0.05) is 23.4 Å². The summed E-state index contributed by atoms with van der Waals surface area (Å²) in [5.41, 5.74) is 4.54. The lowest BCUT2D eigenvalue weighted by Crippen LogP contribution is -1.99. The average molecular weight is 263 g/mol. The highest BCUT2D eigenvalue weighted by molar-refractivity contribution is 6.00. The zero-order chi connectivity index (χ0) is 14.1. The molecule has 0 aliphatic carbocycles. The first kappa shape index (κ1) is 12.6. The van der Waals surface area contributed by atoms with Crippen molar-refractivity contribution in [2.75, 3.05) is 12.4 Å². The minimum atomic E-state index is 0.814. The Hall–Kier alpha value is -2.42. The molecule has 20 heavy (non-hydrogen) atoms. The summed E-state index contributed by atoms with van der Waals surface area (Å²) in [6.07, 6.45) is 0. The van der Waals surface area contributed by atoms with Crippen LogP contribution in [0.15, 0.2) is 42.5 Å². The Morgan fingerprint density at radius 3 is 2.40 bits per heavy atom. The Balaban J connectivity index is 2.35. The lowest BCUT2D eigenvalue weighted by molar-refractivity contribution is 1.05. The van der Waals surface area contributed by atoms with E-state index in [0.717, 1.165) is 27.8 Å². The van der Waals surface area contributed by atoms with E-state index in [1.807, 2.05) is 19.2 Å². The minimum absolute atomic E-state index is 0.814. The SMILES string of the molecule is CNc1nnc(-c2cc(C)ccc2C)c2ccccc12. The number of nitrogens with zero attached hydrogens (tertiary/aromatic N) is 2. The van der Waals surface area contributed by atoms with Gasteiger partial charge in [-0.05, 0) is 25.5 Å². The van der Waals surface area contributed by atoms with Crippen LogP contribution < -0.4 is 5.32 Å². The number of fused-ring (bicyclic) bond motifs is 1. The lowest BCUT2D eigenvalue weighted by Gasteiger charge is -2.11. The van der Waals surface area contributed by atoms with Gasteiger partial charge in [0.15, 0.2) is 5.82 Å². The second-order valence-electron chi connectivity index (χ2n) is 5.01. The molecule has 2 aromatic carbocycles. The van der Waals surface area contributed by atoms with Crippen LogP contribution in [-0.2, 0) is 0 Å². The summed E-state index contributed by atoms with van der Waals surface area (Å²) in [4.78, 5) is 0. The van der Waals surface area contributed by atoms with Gasteiger partial charge in [0.2, 0.25) is 0 Å². The van der Waals surface area contributed by atoms with E-state index >= 15 is 0 Å². The van der Waals surface area contributed by atoms with Crippen molar-refractivity contribution in [2.24, 2.45) is 0 Å². The number of aryl methyl sites for hydroxylation is 2. The van der Waals surface area contributed by atoms with E-state index in [1.165, 1.54) is 11.1 Å². The molecule has 0 saturated carbocycles. The quantitative estimate of drug-likeness (QED) is 0.760. The predicted octanol–water partition coefficient (Wildman–Crippen LogP) is 3.96. The number of aromatic nitrogens is 2. The van der Waals surface area contributed by atoms with Gasteiger partial charge in [-0.15, -0.1) is 10.2 Å². The first-order valence-electron chi connectivity index (χ1n) is 6.71. The van der Waals surface area contributed by atoms with Crippen LogP contribution in [0.2, 0.25) is 0 Å². The molecule has 3 heteroatoms. The molecule has 100 valence electrons. The summed E-state index contributed by atoms with van der Waals surface area (Å²) in [5.74, 6) is 0.814. The number of nitrogens with one attached hydrogen (secondary N) is 1. The molecule has 0 spiro atoms. The first-order chi connectivity index (χ1) is 9.70. The molecule has 0 unspecified atom stereocenters. The maximum atomic E-state index is 4.44. The van der Waals surface area contributed by atoms with Gasteiger partial charge in [0.05, 0.1) is 0 Å². The highest BCUT2D eigenvalue weighted by Gasteiger charge is 2.11. The highest BCUT2D eigenvalue weighted by Crippen LogP contribution is 2.31. The van der Waals surface area contributed by atoms with Crippen LogP contribution >= 0.6 is 0 Å². The summed E-state index contributed by atoms with van der Waals surface area (Å²) in [6.45, 7) is 4.21. The summed E-state index contributed by atoms with van der Waals surface area (Å²) in [5, 5.41) is 14.1. The third kappa shape index (κ3) is 2.01. The molecule has 0 fully saturated rings. The van der Waals surface area contributed by atoms with E-state index in [0.29, 0.717) is 0 Å². The zero-order valence-corrected chi connectivity index (χ0v) is 11.9. The molecular weight excluding hydrogens is 246 g/mol. The van der Waals surface area contributed by atoms with Crippen LogP contribution in [0.25, 0.3) is 22.0 Å². The Labute approximate surface area is 118 Å². The van der Waals surface area contributed by atoms with E-state index in [2.05, 4.69) is 59.7 Å². The molecule has 3 aromatic rings. The van der Waals surface area contributed by atoms with Gasteiger partial charge in [-0.2, -0.15) is 0 Å². The Kier molecular flexibility index (Phi) is 3.11. The average Bonchev–Trinajstić information content (AvgIpc) is 2.49. The highest BCUT2D eigenvalue weighted by atomic mass is 15.2. The van der Waals surface area contributed by atoms with Crippen LogP contribution in [-0.4, -0.2) is 17.2 Å². The normalized spacial score (nSPS) is 10.8. The smallest absolute Gasteiger partial charge is 0.156 e. The molecule has 0 bridgehead atoms. The third-order valence-corrected chi connectivity index (χ3v) is 3.57. The number of anilines is 1. The molecule has 0 saturated heterocycles. The van der Waals surface area contributed by atoms with Crippen molar-refractivity contribution < 1.29 is 0 Å². The maximum absolute atomic E-state index is 4.44. The molecule has 3 nitrogen and oxygen atoms in total. The third-order valence-electron chi connectivity index (χ3n) is 3.57. The Bertz CT molecular complexity index is 778. The van der Waals surface area contributed by atoms with Gasteiger partial charge in [0.25, 0.3) is 0 Å². The second-order valence-corrected chi connectivity index (χ2v) is 5.01. The molecule has 0 aliphatic rings. The van der Waals surface area contributed by atoms with E-state index in [-0.39, 0.29) is 0 Å². The van der Waals surface area contributed by atoms with Crippen molar-refractivity contribution >= 4 is 16.6 Å². The summed E-state index contributed by atoms with van der Waals surface area (Å²) in [6, 6.07) is 14.7. The molecule has 3 rings (SSSR count).